The Labute approximate surface area is 336 Å². The van der Waals surface area contributed by atoms with Crippen molar-refractivity contribution in [3.05, 3.63) is 212 Å². The summed E-state index contributed by atoms with van der Waals surface area (Å²) in [6, 6.07) is 75.0. The third-order valence-corrected chi connectivity index (χ3v) is 11.3. The van der Waals surface area contributed by atoms with Gasteiger partial charge in [0.2, 0.25) is 0 Å². The van der Waals surface area contributed by atoms with E-state index in [0.717, 1.165) is 56.0 Å². The summed E-state index contributed by atoms with van der Waals surface area (Å²) in [6.45, 7) is 0. The predicted octanol–water partition coefficient (Wildman–Crippen LogP) is 14.5. The number of nitrogens with zero attached hydrogens (tertiary/aromatic N) is 3. The Morgan fingerprint density at radius 3 is 1.29 bits per heavy atom. The molecule has 0 atom stereocenters. The second-order valence-corrected chi connectivity index (χ2v) is 14.7. The van der Waals surface area contributed by atoms with Crippen molar-refractivity contribution in [2.45, 2.75) is 0 Å². The Kier molecular flexibility index (Phi) is 8.15. The average molecular weight is 738 g/mol. The van der Waals surface area contributed by atoms with Gasteiger partial charge in [0.25, 0.3) is 0 Å². The van der Waals surface area contributed by atoms with Gasteiger partial charge in [0.05, 0.1) is 22.6 Å². The molecule has 0 aliphatic heterocycles. The second-order valence-electron chi connectivity index (χ2n) is 14.7. The quantitative estimate of drug-likeness (QED) is 0.160. The van der Waals surface area contributed by atoms with Gasteiger partial charge in [-0.25, -0.2) is 15.0 Å². The monoisotopic (exact) mass is 737 g/mol. The molecule has 2 aromatic heterocycles. The summed E-state index contributed by atoms with van der Waals surface area (Å²) >= 11 is 0. The Bertz CT molecular complexity index is 3300. The molecule has 0 unspecified atom stereocenters. The number of pyridine rings is 1. The normalized spacial score (nSPS) is 11.4. The largest absolute Gasteiger partial charge is 0.247 e. The minimum absolute atomic E-state index is 0.701. The van der Waals surface area contributed by atoms with Crippen molar-refractivity contribution in [3.63, 3.8) is 0 Å². The molecule has 9 aromatic carbocycles. The van der Waals surface area contributed by atoms with Gasteiger partial charge in [0, 0.05) is 38.4 Å². The summed E-state index contributed by atoms with van der Waals surface area (Å²) in [5.74, 6) is 0.701. The predicted molar refractivity (Wildman–Crippen MR) is 242 cm³/mol. The zero-order valence-corrected chi connectivity index (χ0v) is 31.5. The van der Waals surface area contributed by atoms with Crippen LogP contribution in [0.1, 0.15) is 0 Å². The third kappa shape index (κ3) is 5.89. The lowest BCUT2D eigenvalue weighted by Gasteiger charge is -2.16. The van der Waals surface area contributed by atoms with Crippen molar-refractivity contribution >= 4 is 43.2 Å². The lowest BCUT2D eigenvalue weighted by atomic mass is 9.89. The highest BCUT2D eigenvalue weighted by Crippen LogP contribution is 2.43. The molecule has 0 radical (unpaired) electrons. The van der Waals surface area contributed by atoms with Crippen LogP contribution in [0.3, 0.4) is 0 Å². The molecule has 0 saturated carbocycles. The van der Waals surface area contributed by atoms with E-state index in [1.807, 2.05) is 24.3 Å². The summed E-state index contributed by atoms with van der Waals surface area (Å²) < 4.78 is 0. The Morgan fingerprint density at radius 1 is 0.241 bits per heavy atom. The van der Waals surface area contributed by atoms with Crippen LogP contribution in [0, 0.1) is 0 Å². The van der Waals surface area contributed by atoms with Crippen molar-refractivity contribution in [2.75, 3.05) is 0 Å². The zero-order valence-electron chi connectivity index (χ0n) is 31.5. The van der Waals surface area contributed by atoms with Crippen LogP contribution in [0.2, 0.25) is 0 Å². The number of rotatable bonds is 6. The Hall–Kier alpha value is -7.75. The number of para-hydroxylation sites is 1. The van der Waals surface area contributed by atoms with Crippen LogP contribution < -0.4 is 0 Å². The van der Waals surface area contributed by atoms with Crippen molar-refractivity contribution in [3.8, 4) is 67.4 Å². The van der Waals surface area contributed by atoms with Crippen molar-refractivity contribution < 1.29 is 0 Å². The Morgan fingerprint density at radius 2 is 0.672 bits per heavy atom. The average Bonchev–Trinajstić information content (AvgIpc) is 3.31. The lowest BCUT2D eigenvalue weighted by Crippen LogP contribution is -1.96. The van der Waals surface area contributed by atoms with E-state index < -0.39 is 0 Å². The van der Waals surface area contributed by atoms with Gasteiger partial charge in [0.1, 0.15) is 0 Å². The van der Waals surface area contributed by atoms with Crippen LogP contribution in [0.25, 0.3) is 111 Å². The highest BCUT2D eigenvalue weighted by molar-refractivity contribution is 6.33. The number of aromatic nitrogens is 3. The molecule has 2 heterocycles. The maximum Gasteiger partial charge on any atom is 0.160 e. The summed E-state index contributed by atoms with van der Waals surface area (Å²) in [4.78, 5) is 15.6. The molecule has 0 aliphatic carbocycles. The van der Waals surface area contributed by atoms with E-state index in [1.165, 1.54) is 48.8 Å². The fourth-order valence-electron chi connectivity index (χ4n) is 8.44. The zero-order chi connectivity index (χ0) is 38.4. The molecular weight excluding hydrogens is 703 g/mol. The Balaban J connectivity index is 1.01. The van der Waals surface area contributed by atoms with Gasteiger partial charge in [-0.3, -0.25) is 0 Å². The molecule has 0 spiro atoms. The van der Waals surface area contributed by atoms with E-state index >= 15 is 0 Å². The van der Waals surface area contributed by atoms with Crippen molar-refractivity contribution in [2.24, 2.45) is 0 Å². The molecule has 0 fully saturated rings. The number of benzene rings is 9. The minimum atomic E-state index is 0.701. The molecule has 0 saturated heterocycles. The van der Waals surface area contributed by atoms with Gasteiger partial charge in [-0.1, -0.05) is 194 Å². The maximum absolute atomic E-state index is 5.39. The summed E-state index contributed by atoms with van der Waals surface area (Å²) in [5, 5.41) is 8.56. The first-order valence-electron chi connectivity index (χ1n) is 19.7. The van der Waals surface area contributed by atoms with E-state index in [1.54, 1.807) is 0 Å². The van der Waals surface area contributed by atoms with Crippen LogP contribution in [0.4, 0.5) is 0 Å². The van der Waals surface area contributed by atoms with Crippen LogP contribution in [0.15, 0.2) is 212 Å². The van der Waals surface area contributed by atoms with E-state index in [0.29, 0.717) is 5.82 Å². The number of fused-ring (bicyclic) bond motifs is 8. The fraction of sp³-hybridized carbons (Fsp3) is 0. The molecule has 3 nitrogen and oxygen atoms in total. The molecule has 11 aromatic rings. The first kappa shape index (κ1) is 33.6. The molecule has 3 heteroatoms. The smallest absolute Gasteiger partial charge is 0.160 e. The SMILES string of the molecule is c1ccc(-c2ccc(-c3cc(-c4ccc(-c5cccc(-c6nc7ccccc7c7c8ccccc8c8ccccc8c67)c5)cc4)nc(-c4ccccc4)n3)cc2)cc1. The van der Waals surface area contributed by atoms with Crippen LogP contribution >= 0.6 is 0 Å². The van der Waals surface area contributed by atoms with E-state index in [-0.39, 0.29) is 0 Å². The molecule has 0 bridgehead atoms. The third-order valence-electron chi connectivity index (χ3n) is 11.3. The first-order valence-corrected chi connectivity index (χ1v) is 19.7. The van der Waals surface area contributed by atoms with E-state index in [2.05, 4.69) is 188 Å². The summed E-state index contributed by atoms with van der Waals surface area (Å²) in [5.41, 5.74) is 12.5. The lowest BCUT2D eigenvalue weighted by molar-refractivity contribution is 1.18. The van der Waals surface area contributed by atoms with Crippen LogP contribution in [-0.2, 0) is 0 Å². The van der Waals surface area contributed by atoms with Gasteiger partial charge in [-0.05, 0) is 62.0 Å². The summed E-state index contributed by atoms with van der Waals surface area (Å²) in [7, 11) is 0. The van der Waals surface area contributed by atoms with Crippen molar-refractivity contribution in [1.29, 1.82) is 0 Å². The molecule has 0 amide bonds. The second kappa shape index (κ2) is 14.1. The standard InChI is InChI=1S/C55H35N3/c1-3-14-36(15-4-1)37-26-30-39(31-27-37)50-35-51(58-55(57-50)41-16-5-2-6-17-41)40-32-28-38(29-33-40)42-18-13-19-43(34-42)54-53-47-23-10-8-21-45(47)44-20-7-9-22-46(44)52(53)48-24-11-12-25-49(48)56-54/h1-35H. The molecule has 0 aliphatic rings. The first-order chi connectivity index (χ1) is 28.7. The van der Waals surface area contributed by atoms with Gasteiger partial charge >= 0.3 is 0 Å². The van der Waals surface area contributed by atoms with Gasteiger partial charge < -0.3 is 0 Å². The summed E-state index contributed by atoms with van der Waals surface area (Å²) in [6.07, 6.45) is 0. The molecular formula is C55H35N3. The van der Waals surface area contributed by atoms with Gasteiger partial charge in [-0.2, -0.15) is 0 Å². The van der Waals surface area contributed by atoms with Crippen LogP contribution in [0.5, 0.6) is 0 Å². The molecule has 0 N–H and O–H groups in total. The highest BCUT2D eigenvalue weighted by Gasteiger charge is 2.18. The molecule has 58 heavy (non-hydrogen) atoms. The molecule has 11 rings (SSSR count). The van der Waals surface area contributed by atoms with Gasteiger partial charge in [0.15, 0.2) is 5.82 Å². The topological polar surface area (TPSA) is 38.7 Å². The number of hydrogen-bond donors (Lipinski definition) is 0. The fourth-order valence-corrected chi connectivity index (χ4v) is 8.44. The molecule has 270 valence electrons. The van der Waals surface area contributed by atoms with E-state index in [9.17, 15) is 0 Å². The highest BCUT2D eigenvalue weighted by atomic mass is 14.9. The number of hydrogen-bond acceptors (Lipinski definition) is 3. The van der Waals surface area contributed by atoms with E-state index in [4.69, 9.17) is 15.0 Å². The minimum Gasteiger partial charge on any atom is -0.247 e. The van der Waals surface area contributed by atoms with Gasteiger partial charge in [-0.15, -0.1) is 0 Å². The maximum atomic E-state index is 5.39. The van der Waals surface area contributed by atoms with Crippen LogP contribution in [-0.4, -0.2) is 15.0 Å². The van der Waals surface area contributed by atoms with Crippen molar-refractivity contribution in [1.82, 2.24) is 15.0 Å².